The number of nitrogens with one attached hydrogen (secondary N) is 3. The number of rotatable bonds is 12. The van der Waals surface area contributed by atoms with Crippen LogP contribution < -0.4 is 21.7 Å². The first-order valence-corrected chi connectivity index (χ1v) is 14.9. The summed E-state index contributed by atoms with van der Waals surface area (Å²) in [6.45, 7) is 8.88. The van der Waals surface area contributed by atoms with Crippen LogP contribution in [0.5, 0.6) is 0 Å². The normalized spacial score (nSPS) is 13.6. The van der Waals surface area contributed by atoms with Gasteiger partial charge in [0.2, 0.25) is 11.9 Å². The SMILES string of the molecule is CCn1nc(C)cc1C(=O)Nc1nc2cc(C(N)=O)cc(CN3CCOCC3)c2n1CCCNC(=O)NCc1ccccc1. The fourth-order valence-electron chi connectivity index (χ4n) is 5.35. The van der Waals surface area contributed by atoms with Gasteiger partial charge in [-0.3, -0.25) is 24.5 Å². The summed E-state index contributed by atoms with van der Waals surface area (Å²) in [6, 6.07) is 14.6. The number of hydrogen-bond acceptors (Lipinski definition) is 7. The van der Waals surface area contributed by atoms with Crippen molar-refractivity contribution in [3.8, 4) is 0 Å². The van der Waals surface area contributed by atoms with Crippen molar-refractivity contribution in [2.45, 2.75) is 46.4 Å². The fourth-order valence-corrected chi connectivity index (χ4v) is 5.35. The predicted octanol–water partition coefficient (Wildman–Crippen LogP) is 2.63. The smallest absolute Gasteiger partial charge is 0.315 e. The maximum Gasteiger partial charge on any atom is 0.315 e. The molecule has 13 heteroatoms. The molecule has 5 rings (SSSR count). The van der Waals surface area contributed by atoms with E-state index in [4.69, 9.17) is 15.5 Å². The first-order valence-electron chi connectivity index (χ1n) is 14.9. The second-order valence-corrected chi connectivity index (χ2v) is 10.7. The van der Waals surface area contributed by atoms with Crippen LogP contribution in [-0.4, -0.2) is 74.9 Å². The highest BCUT2D eigenvalue weighted by atomic mass is 16.5. The van der Waals surface area contributed by atoms with E-state index in [1.807, 2.05) is 48.7 Å². The van der Waals surface area contributed by atoms with Crippen molar-refractivity contribution in [3.63, 3.8) is 0 Å². The van der Waals surface area contributed by atoms with Crippen LogP contribution in [0.2, 0.25) is 0 Å². The Kier molecular flexibility index (Phi) is 9.87. The van der Waals surface area contributed by atoms with Gasteiger partial charge in [0.25, 0.3) is 5.91 Å². The Balaban J connectivity index is 1.40. The molecular formula is C31H39N9O4. The lowest BCUT2D eigenvalue weighted by Gasteiger charge is -2.27. The number of amides is 4. The van der Waals surface area contributed by atoms with E-state index >= 15 is 0 Å². The molecule has 0 aliphatic carbocycles. The summed E-state index contributed by atoms with van der Waals surface area (Å²) >= 11 is 0. The molecule has 44 heavy (non-hydrogen) atoms. The number of carbonyl (C=O) groups excluding carboxylic acids is 3. The third-order valence-corrected chi connectivity index (χ3v) is 7.50. The summed E-state index contributed by atoms with van der Waals surface area (Å²) in [5, 5.41) is 13.1. The van der Waals surface area contributed by atoms with Gasteiger partial charge in [0.05, 0.1) is 29.9 Å². The number of morpholine rings is 1. The summed E-state index contributed by atoms with van der Waals surface area (Å²) < 4.78 is 9.11. The third kappa shape index (κ3) is 7.41. The van der Waals surface area contributed by atoms with Crippen molar-refractivity contribution in [1.82, 2.24) is 34.9 Å². The topological polar surface area (TPSA) is 161 Å². The van der Waals surface area contributed by atoms with Gasteiger partial charge in [-0.15, -0.1) is 0 Å². The van der Waals surface area contributed by atoms with Gasteiger partial charge in [0.15, 0.2) is 0 Å². The summed E-state index contributed by atoms with van der Waals surface area (Å²) in [4.78, 5) is 45.1. The zero-order chi connectivity index (χ0) is 31.1. The zero-order valence-corrected chi connectivity index (χ0v) is 25.1. The summed E-state index contributed by atoms with van der Waals surface area (Å²) in [5.41, 5.74) is 10.4. The van der Waals surface area contributed by atoms with Gasteiger partial charge in [-0.2, -0.15) is 5.10 Å². The molecule has 0 bridgehead atoms. The largest absolute Gasteiger partial charge is 0.379 e. The minimum absolute atomic E-state index is 0.264. The Morgan fingerprint density at radius 2 is 1.82 bits per heavy atom. The first kappa shape index (κ1) is 30.7. The molecule has 2 aromatic heterocycles. The molecule has 0 unspecified atom stereocenters. The van der Waals surface area contributed by atoms with Gasteiger partial charge in [0, 0.05) is 51.4 Å². The van der Waals surface area contributed by atoms with Crippen molar-refractivity contribution < 1.29 is 19.1 Å². The quantitative estimate of drug-likeness (QED) is 0.182. The van der Waals surface area contributed by atoms with Crippen LogP contribution in [0, 0.1) is 6.92 Å². The van der Waals surface area contributed by atoms with Gasteiger partial charge in [-0.1, -0.05) is 30.3 Å². The number of benzene rings is 2. The van der Waals surface area contributed by atoms with Crippen LogP contribution in [0.4, 0.5) is 10.7 Å². The average Bonchev–Trinajstić information content (AvgIpc) is 3.58. The van der Waals surface area contributed by atoms with Crippen LogP contribution in [0.15, 0.2) is 48.5 Å². The van der Waals surface area contributed by atoms with Crippen molar-refractivity contribution in [2.24, 2.45) is 5.73 Å². The van der Waals surface area contributed by atoms with Gasteiger partial charge in [-0.25, -0.2) is 9.78 Å². The van der Waals surface area contributed by atoms with Crippen LogP contribution in [-0.2, 0) is 30.9 Å². The molecule has 232 valence electrons. The number of anilines is 1. The van der Waals surface area contributed by atoms with Crippen molar-refractivity contribution in [3.05, 3.63) is 76.6 Å². The Hall–Kier alpha value is -4.75. The fraction of sp³-hybridized carbons (Fsp3) is 0.387. The van der Waals surface area contributed by atoms with E-state index in [9.17, 15) is 14.4 Å². The van der Waals surface area contributed by atoms with Crippen LogP contribution in [0.1, 0.15) is 51.0 Å². The maximum atomic E-state index is 13.4. The molecule has 0 spiro atoms. The number of nitrogens with two attached hydrogens (primary N) is 1. The van der Waals surface area contributed by atoms with E-state index in [0.29, 0.717) is 75.1 Å². The number of hydrogen-bond donors (Lipinski definition) is 4. The molecule has 3 heterocycles. The minimum Gasteiger partial charge on any atom is -0.379 e. The molecule has 0 saturated carbocycles. The lowest BCUT2D eigenvalue weighted by molar-refractivity contribution is 0.0343. The highest BCUT2D eigenvalue weighted by Crippen LogP contribution is 2.28. The monoisotopic (exact) mass is 601 g/mol. The van der Waals surface area contributed by atoms with E-state index in [1.165, 1.54) is 0 Å². The number of ether oxygens (including phenoxy) is 1. The Morgan fingerprint density at radius 1 is 1.05 bits per heavy atom. The molecule has 1 aliphatic rings. The molecule has 2 aromatic carbocycles. The van der Waals surface area contributed by atoms with Gasteiger partial charge in [0.1, 0.15) is 5.69 Å². The second kappa shape index (κ2) is 14.1. The van der Waals surface area contributed by atoms with Crippen LogP contribution in [0.3, 0.4) is 0 Å². The number of nitrogens with zero attached hydrogens (tertiary/aromatic N) is 5. The predicted molar refractivity (Wildman–Crippen MR) is 166 cm³/mol. The molecule has 1 fully saturated rings. The summed E-state index contributed by atoms with van der Waals surface area (Å²) in [5.74, 6) is -0.555. The minimum atomic E-state index is -0.552. The van der Waals surface area contributed by atoms with Crippen molar-refractivity contribution in [2.75, 3.05) is 38.2 Å². The molecule has 13 nitrogen and oxygen atoms in total. The molecule has 1 aliphatic heterocycles. The standard InChI is InChI=1S/C31H39N9O4/c1-3-40-26(16-21(2)37-40)29(42)36-30-35-25-18-23(28(32)41)17-24(20-38-12-14-44-15-13-38)27(25)39(30)11-7-10-33-31(43)34-19-22-8-5-4-6-9-22/h4-6,8-9,16-18H,3,7,10-15,19-20H2,1-2H3,(H2,32,41)(H2,33,34,43)(H,35,36,42). The lowest BCUT2D eigenvalue weighted by Crippen LogP contribution is -2.36. The number of aryl methyl sites for hydroxylation is 3. The Labute approximate surface area is 255 Å². The van der Waals surface area contributed by atoms with Gasteiger partial charge < -0.3 is 25.7 Å². The maximum absolute atomic E-state index is 13.4. The molecule has 0 radical (unpaired) electrons. The average molecular weight is 602 g/mol. The van der Waals surface area contributed by atoms with Crippen molar-refractivity contribution in [1.29, 1.82) is 0 Å². The molecular weight excluding hydrogens is 562 g/mol. The molecule has 0 atom stereocenters. The number of carbonyl (C=O) groups is 3. The number of urea groups is 1. The third-order valence-electron chi connectivity index (χ3n) is 7.50. The Morgan fingerprint density at radius 3 is 2.55 bits per heavy atom. The molecule has 4 aromatic rings. The highest BCUT2D eigenvalue weighted by Gasteiger charge is 2.22. The van der Waals surface area contributed by atoms with E-state index in [0.717, 1.165) is 35.4 Å². The second-order valence-electron chi connectivity index (χ2n) is 10.7. The number of primary amides is 1. The van der Waals surface area contributed by atoms with E-state index < -0.39 is 5.91 Å². The van der Waals surface area contributed by atoms with E-state index in [1.54, 1.807) is 22.9 Å². The number of imidazole rings is 1. The Bertz CT molecular complexity index is 1620. The first-order chi connectivity index (χ1) is 21.3. The summed E-state index contributed by atoms with van der Waals surface area (Å²) in [7, 11) is 0. The molecule has 1 saturated heterocycles. The molecule has 4 amide bonds. The van der Waals surface area contributed by atoms with Crippen LogP contribution >= 0.6 is 0 Å². The molecule has 5 N–H and O–H groups in total. The van der Waals surface area contributed by atoms with Gasteiger partial charge in [-0.05, 0) is 49.6 Å². The lowest BCUT2D eigenvalue weighted by atomic mass is 10.1. The van der Waals surface area contributed by atoms with E-state index in [2.05, 4.69) is 25.9 Å². The van der Waals surface area contributed by atoms with Crippen molar-refractivity contribution >= 4 is 34.8 Å². The van der Waals surface area contributed by atoms with Crippen LogP contribution in [0.25, 0.3) is 11.0 Å². The highest BCUT2D eigenvalue weighted by molar-refractivity contribution is 6.04. The number of aromatic nitrogens is 4. The number of fused-ring (bicyclic) bond motifs is 1. The van der Waals surface area contributed by atoms with E-state index in [-0.39, 0.29) is 11.9 Å². The van der Waals surface area contributed by atoms with Gasteiger partial charge >= 0.3 is 6.03 Å². The zero-order valence-electron chi connectivity index (χ0n) is 25.1. The summed E-state index contributed by atoms with van der Waals surface area (Å²) in [6.07, 6.45) is 0.563.